The van der Waals surface area contributed by atoms with Crippen molar-refractivity contribution in [2.24, 2.45) is 0 Å². The minimum absolute atomic E-state index is 0.122. The molecule has 0 unspecified atom stereocenters. The van der Waals surface area contributed by atoms with E-state index in [1.807, 2.05) is 0 Å². The summed E-state index contributed by atoms with van der Waals surface area (Å²) in [6, 6.07) is 6.28. The first-order valence-corrected chi connectivity index (χ1v) is 6.36. The number of rotatable bonds is 2. The number of imide groups is 1. The number of hydrogen-bond donors (Lipinski definition) is 2. The molecular weight excluding hydrogens is 258 g/mol. The number of alkyl carbamates (subject to hydrolysis) is 1. The maximum atomic E-state index is 12.2. The first-order valence-electron chi connectivity index (χ1n) is 6.36. The SMILES string of the molecule is CC(C)(C)OC(=O)NC(=O)C(C)(C)c1ccc(O)cc1. The molecule has 2 amide bonds. The molecule has 0 saturated heterocycles. The van der Waals surface area contributed by atoms with Crippen molar-refractivity contribution in [1.82, 2.24) is 5.32 Å². The Balaban J connectivity index is 2.80. The third-order valence-electron chi connectivity index (χ3n) is 2.77. The van der Waals surface area contributed by atoms with Gasteiger partial charge in [-0.2, -0.15) is 0 Å². The maximum Gasteiger partial charge on any atom is 0.414 e. The zero-order valence-corrected chi connectivity index (χ0v) is 12.5. The third kappa shape index (κ3) is 4.26. The molecule has 0 atom stereocenters. The molecule has 20 heavy (non-hydrogen) atoms. The molecule has 110 valence electrons. The van der Waals surface area contributed by atoms with Crippen LogP contribution in [0.3, 0.4) is 0 Å². The van der Waals surface area contributed by atoms with Gasteiger partial charge in [0.1, 0.15) is 11.4 Å². The highest BCUT2D eigenvalue weighted by Crippen LogP contribution is 2.25. The normalized spacial score (nSPS) is 11.8. The van der Waals surface area contributed by atoms with Gasteiger partial charge >= 0.3 is 6.09 Å². The van der Waals surface area contributed by atoms with Gasteiger partial charge in [-0.05, 0) is 52.3 Å². The molecule has 5 nitrogen and oxygen atoms in total. The Hall–Kier alpha value is -2.04. The smallest absolute Gasteiger partial charge is 0.414 e. The number of carbonyl (C=O) groups is 2. The Morgan fingerprint density at radius 1 is 1.05 bits per heavy atom. The van der Waals surface area contributed by atoms with E-state index < -0.39 is 23.0 Å². The average molecular weight is 279 g/mol. The van der Waals surface area contributed by atoms with Crippen molar-refractivity contribution in [2.45, 2.75) is 45.6 Å². The number of phenolic OH excluding ortho intramolecular Hbond substituents is 1. The molecular formula is C15H21NO4. The zero-order chi connectivity index (χ0) is 15.6. The van der Waals surface area contributed by atoms with Gasteiger partial charge in [0.25, 0.3) is 0 Å². The summed E-state index contributed by atoms with van der Waals surface area (Å²) in [5.74, 6) is -0.338. The predicted molar refractivity (Wildman–Crippen MR) is 75.5 cm³/mol. The van der Waals surface area contributed by atoms with E-state index in [1.54, 1.807) is 46.8 Å². The van der Waals surface area contributed by atoms with Gasteiger partial charge < -0.3 is 9.84 Å². The Bertz CT molecular complexity index is 498. The van der Waals surface area contributed by atoms with Gasteiger partial charge in [-0.15, -0.1) is 0 Å². The lowest BCUT2D eigenvalue weighted by Crippen LogP contribution is -2.45. The van der Waals surface area contributed by atoms with E-state index in [0.717, 1.165) is 0 Å². The number of benzene rings is 1. The molecule has 0 radical (unpaired) electrons. The number of amides is 2. The fourth-order valence-corrected chi connectivity index (χ4v) is 1.56. The second kappa shape index (κ2) is 5.53. The van der Waals surface area contributed by atoms with Crippen LogP contribution < -0.4 is 5.32 Å². The van der Waals surface area contributed by atoms with Crippen molar-refractivity contribution in [1.29, 1.82) is 0 Å². The summed E-state index contributed by atoms with van der Waals surface area (Å²) in [4.78, 5) is 23.8. The lowest BCUT2D eigenvalue weighted by molar-refractivity contribution is -0.125. The third-order valence-corrected chi connectivity index (χ3v) is 2.77. The van der Waals surface area contributed by atoms with E-state index in [4.69, 9.17) is 4.74 Å². The quantitative estimate of drug-likeness (QED) is 0.872. The van der Waals surface area contributed by atoms with Gasteiger partial charge in [-0.1, -0.05) is 12.1 Å². The maximum absolute atomic E-state index is 12.2. The van der Waals surface area contributed by atoms with Gasteiger partial charge in [-0.25, -0.2) is 4.79 Å². The fourth-order valence-electron chi connectivity index (χ4n) is 1.56. The second-order valence-electron chi connectivity index (χ2n) is 6.13. The van der Waals surface area contributed by atoms with Crippen molar-refractivity contribution in [2.75, 3.05) is 0 Å². The molecule has 0 saturated carbocycles. The van der Waals surface area contributed by atoms with Gasteiger partial charge in [-0.3, -0.25) is 10.1 Å². The lowest BCUT2D eigenvalue weighted by atomic mass is 9.84. The Morgan fingerprint density at radius 3 is 2.00 bits per heavy atom. The summed E-state index contributed by atoms with van der Waals surface area (Å²) in [7, 11) is 0. The van der Waals surface area contributed by atoms with E-state index in [1.165, 1.54) is 12.1 Å². The van der Waals surface area contributed by atoms with Crippen molar-refractivity contribution >= 4 is 12.0 Å². The largest absolute Gasteiger partial charge is 0.508 e. The van der Waals surface area contributed by atoms with Gasteiger partial charge in [0.15, 0.2) is 0 Å². The molecule has 0 heterocycles. The summed E-state index contributed by atoms with van der Waals surface area (Å²) in [6.45, 7) is 8.56. The number of phenols is 1. The van der Waals surface area contributed by atoms with E-state index in [-0.39, 0.29) is 5.75 Å². The van der Waals surface area contributed by atoms with Crippen molar-refractivity contribution < 1.29 is 19.4 Å². The van der Waals surface area contributed by atoms with E-state index >= 15 is 0 Å². The zero-order valence-electron chi connectivity index (χ0n) is 12.5. The van der Waals surface area contributed by atoms with Crippen LogP contribution in [0.15, 0.2) is 24.3 Å². The van der Waals surface area contributed by atoms with Crippen molar-refractivity contribution in [3.05, 3.63) is 29.8 Å². The summed E-state index contributed by atoms with van der Waals surface area (Å²) < 4.78 is 5.05. The van der Waals surface area contributed by atoms with Crippen LogP contribution in [0, 0.1) is 0 Å². The molecule has 0 aliphatic heterocycles. The highest BCUT2D eigenvalue weighted by molar-refractivity contribution is 5.98. The van der Waals surface area contributed by atoms with Crippen LogP contribution in [-0.2, 0) is 14.9 Å². The topological polar surface area (TPSA) is 75.6 Å². The number of ether oxygens (including phenoxy) is 1. The molecule has 2 N–H and O–H groups in total. The van der Waals surface area contributed by atoms with Crippen LogP contribution in [0.5, 0.6) is 5.75 Å². The summed E-state index contributed by atoms with van der Waals surface area (Å²) in [5, 5.41) is 11.5. The fraction of sp³-hybridized carbons (Fsp3) is 0.467. The first kappa shape index (κ1) is 16.0. The molecule has 0 spiro atoms. The molecule has 5 heteroatoms. The molecule has 0 fully saturated rings. The highest BCUT2D eigenvalue weighted by atomic mass is 16.6. The summed E-state index contributed by atoms with van der Waals surface area (Å²) in [6.07, 6.45) is -0.769. The van der Waals surface area contributed by atoms with Gasteiger partial charge in [0, 0.05) is 0 Å². The van der Waals surface area contributed by atoms with Crippen LogP contribution in [0.4, 0.5) is 4.79 Å². The predicted octanol–water partition coefficient (Wildman–Crippen LogP) is 2.72. The Kier molecular flexibility index (Phi) is 4.43. The molecule has 1 aromatic carbocycles. The molecule has 1 rings (SSSR count). The second-order valence-corrected chi connectivity index (χ2v) is 6.13. The molecule has 1 aromatic rings. The lowest BCUT2D eigenvalue weighted by Gasteiger charge is -2.25. The number of hydrogen-bond acceptors (Lipinski definition) is 4. The summed E-state index contributed by atoms with van der Waals surface area (Å²) in [5.41, 5.74) is -0.881. The summed E-state index contributed by atoms with van der Waals surface area (Å²) >= 11 is 0. The van der Waals surface area contributed by atoms with E-state index in [2.05, 4.69) is 5.32 Å². The number of carbonyl (C=O) groups excluding carboxylic acids is 2. The minimum Gasteiger partial charge on any atom is -0.508 e. The number of aromatic hydroxyl groups is 1. The van der Waals surface area contributed by atoms with E-state index in [0.29, 0.717) is 5.56 Å². The first-order chi connectivity index (χ1) is 9.02. The molecule has 0 aliphatic carbocycles. The van der Waals surface area contributed by atoms with Crippen LogP contribution in [-0.4, -0.2) is 22.7 Å². The molecule has 0 bridgehead atoms. The average Bonchev–Trinajstić information content (AvgIpc) is 2.26. The Labute approximate surface area is 118 Å². The number of nitrogens with one attached hydrogen (secondary N) is 1. The van der Waals surface area contributed by atoms with Gasteiger partial charge in [0.05, 0.1) is 5.41 Å². The van der Waals surface area contributed by atoms with E-state index in [9.17, 15) is 14.7 Å². The van der Waals surface area contributed by atoms with Crippen LogP contribution >= 0.6 is 0 Å². The standard InChI is InChI=1S/C15H21NO4/c1-14(2,3)20-13(19)16-12(18)15(4,5)10-6-8-11(17)9-7-10/h6-9,17H,1-5H3,(H,16,18,19). The van der Waals surface area contributed by atoms with Crippen LogP contribution in [0.2, 0.25) is 0 Å². The van der Waals surface area contributed by atoms with Crippen molar-refractivity contribution in [3.63, 3.8) is 0 Å². The molecule has 0 aliphatic rings. The minimum atomic E-state index is -0.912. The monoisotopic (exact) mass is 279 g/mol. The Morgan fingerprint density at radius 2 is 1.55 bits per heavy atom. The van der Waals surface area contributed by atoms with Crippen LogP contribution in [0.1, 0.15) is 40.2 Å². The highest BCUT2D eigenvalue weighted by Gasteiger charge is 2.32. The van der Waals surface area contributed by atoms with Crippen LogP contribution in [0.25, 0.3) is 0 Å². The van der Waals surface area contributed by atoms with Crippen molar-refractivity contribution in [3.8, 4) is 5.75 Å². The molecule has 0 aromatic heterocycles. The van der Waals surface area contributed by atoms with Gasteiger partial charge in [0.2, 0.25) is 5.91 Å².